The predicted octanol–water partition coefficient (Wildman–Crippen LogP) is 3.70. The van der Waals surface area contributed by atoms with E-state index in [1.165, 1.54) is 6.07 Å². The van der Waals surface area contributed by atoms with Crippen LogP contribution in [0.1, 0.15) is 24.1 Å². The minimum Gasteiger partial charge on any atom is -0.454 e. The van der Waals surface area contributed by atoms with Crippen LogP contribution in [0.3, 0.4) is 0 Å². The van der Waals surface area contributed by atoms with Crippen molar-refractivity contribution in [3.8, 4) is 17.6 Å². The lowest BCUT2D eigenvalue weighted by molar-refractivity contribution is 0.432. The minimum absolute atomic E-state index is 0.149. The van der Waals surface area contributed by atoms with E-state index in [1.807, 2.05) is 0 Å². The normalized spacial score (nSPS) is 11.7. The fraction of sp³-hybridized carbons (Fsp3) is 0.188. The molecule has 2 aromatic carbocycles. The van der Waals surface area contributed by atoms with E-state index in [4.69, 9.17) is 15.7 Å². The van der Waals surface area contributed by atoms with Gasteiger partial charge in [-0.25, -0.2) is 4.39 Å². The number of nitriles is 1. The van der Waals surface area contributed by atoms with E-state index < -0.39 is 5.82 Å². The van der Waals surface area contributed by atoms with Gasteiger partial charge in [-0.15, -0.1) is 0 Å². The Bertz CT molecular complexity index is 630. The van der Waals surface area contributed by atoms with Crippen LogP contribution < -0.4 is 10.5 Å². The zero-order valence-corrected chi connectivity index (χ0v) is 11.1. The molecule has 0 fully saturated rings. The molecule has 0 heterocycles. The number of halogens is 1. The van der Waals surface area contributed by atoms with Crippen LogP contribution in [0.15, 0.2) is 42.5 Å². The molecule has 2 rings (SSSR count). The van der Waals surface area contributed by atoms with Crippen LogP contribution in [0.2, 0.25) is 0 Å². The van der Waals surface area contributed by atoms with E-state index in [2.05, 4.69) is 6.07 Å². The van der Waals surface area contributed by atoms with Gasteiger partial charge in [0.05, 0.1) is 12.5 Å². The van der Waals surface area contributed by atoms with E-state index in [0.717, 1.165) is 5.56 Å². The standard InChI is InChI=1S/C16H15FN2O/c1-11(19)14-3-2-4-15(17)16(14)20-13-7-5-12(6-8-13)9-10-18/h2-8,11H,9,19H2,1H3. The second kappa shape index (κ2) is 6.18. The fourth-order valence-electron chi connectivity index (χ4n) is 1.88. The first-order valence-corrected chi connectivity index (χ1v) is 6.29. The molecule has 0 spiro atoms. The van der Waals surface area contributed by atoms with E-state index in [-0.39, 0.29) is 11.8 Å². The maximum absolute atomic E-state index is 13.9. The molecule has 0 aliphatic carbocycles. The second-order valence-corrected chi connectivity index (χ2v) is 4.53. The number of para-hydroxylation sites is 1. The number of nitrogens with zero attached hydrogens (tertiary/aromatic N) is 1. The molecule has 0 bridgehead atoms. The molecule has 1 unspecified atom stereocenters. The summed E-state index contributed by atoms with van der Waals surface area (Å²) in [6.07, 6.45) is 0.338. The van der Waals surface area contributed by atoms with Gasteiger partial charge >= 0.3 is 0 Å². The zero-order chi connectivity index (χ0) is 14.5. The molecule has 0 saturated heterocycles. The summed E-state index contributed by atoms with van der Waals surface area (Å²) >= 11 is 0. The first-order chi connectivity index (χ1) is 9.61. The predicted molar refractivity (Wildman–Crippen MR) is 74.8 cm³/mol. The highest BCUT2D eigenvalue weighted by Gasteiger charge is 2.13. The van der Waals surface area contributed by atoms with E-state index in [1.54, 1.807) is 43.3 Å². The summed E-state index contributed by atoms with van der Waals surface area (Å²) in [5.74, 6) is 0.218. The van der Waals surface area contributed by atoms with Crippen molar-refractivity contribution in [2.75, 3.05) is 0 Å². The van der Waals surface area contributed by atoms with Crippen LogP contribution in [0.5, 0.6) is 11.5 Å². The molecular weight excluding hydrogens is 255 g/mol. The van der Waals surface area contributed by atoms with Crippen molar-refractivity contribution in [3.63, 3.8) is 0 Å². The number of rotatable bonds is 4. The van der Waals surface area contributed by atoms with E-state index in [9.17, 15) is 4.39 Å². The highest BCUT2D eigenvalue weighted by Crippen LogP contribution is 2.31. The van der Waals surface area contributed by atoms with Crippen LogP contribution in [0.4, 0.5) is 4.39 Å². The van der Waals surface area contributed by atoms with Gasteiger partial charge in [0, 0.05) is 11.6 Å². The summed E-state index contributed by atoms with van der Waals surface area (Å²) in [6.45, 7) is 1.78. The number of nitrogens with two attached hydrogens (primary N) is 1. The highest BCUT2D eigenvalue weighted by atomic mass is 19.1. The van der Waals surface area contributed by atoms with Crippen molar-refractivity contribution < 1.29 is 9.13 Å². The SMILES string of the molecule is CC(N)c1cccc(F)c1Oc1ccc(CC#N)cc1. The Labute approximate surface area is 117 Å². The van der Waals surface area contributed by atoms with Gasteiger partial charge in [0.2, 0.25) is 0 Å². The fourth-order valence-corrected chi connectivity index (χ4v) is 1.88. The Hall–Kier alpha value is -2.38. The molecule has 0 aliphatic heterocycles. The molecule has 0 saturated carbocycles. The topological polar surface area (TPSA) is 59.0 Å². The second-order valence-electron chi connectivity index (χ2n) is 4.53. The third kappa shape index (κ3) is 3.14. The van der Waals surface area contributed by atoms with Crippen LogP contribution in [0, 0.1) is 17.1 Å². The molecule has 0 amide bonds. The molecule has 2 aromatic rings. The Morgan fingerprint density at radius 2 is 1.95 bits per heavy atom. The van der Waals surface area contributed by atoms with Gasteiger partial charge in [-0.3, -0.25) is 0 Å². The zero-order valence-electron chi connectivity index (χ0n) is 11.1. The third-order valence-electron chi connectivity index (χ3n) is 2.91. The lowest BCUT2D eigenvalue weighted by Gasteiger charge is -2.14. The molecular formula is C16H15FN2O. The average Bonchev–Trinajstić information content (AvgIpc) is 2.43. The Kier molecular flexibility index (Phi) is 4.34. The molecule has 3 nitrogen and oxygen atoms in total. The van der Waals surface area contributed by atoms with Gasteiger partial charge in [-0.2, -0.15) is 5.26 Å². The molecule has 0 aromatic heterocycles. The molecule has 20 heavy (non-hydrogen) atoms. The Balaban J connectivity index is 2.28. The summed E-state index contributed by atoms with van der Waals surface area (Å²) in [5.41, 5.74) is 7.32. The van der Waals surface area contributed by atoms with Crippen molar-refractivity contribution in [1.29, 1.82) is 5.26 Å². The van der Waals surface area contributed by atoms with E-state index >= 15 is 0 Å². The van der Waals surface area contributed by atoms with Crippen molar-refractivity contribution in [1.82, 2.24) is 0 Å². The largest absolute Gasteiger partial charge is 0.454 e. The number of benzene rings is 2. The van der Waals surface area contributed by atoms with Gasteiger partial charge in [0.15, 0.2) is 11.6 Å². The van der Waals surface area contributed by atoms with Crippen molar-refractivity contribution in [2.24, 2.45) is 5.73 Å². The van der Waals surface area contributed by atoms with Crippen LogP contribution >= 0.6 is 0 Å². The lowest BCUT2D eigenvalue weighted by atomic mass is 10.1. The molecule has 1 atom stereocenters. The summed E-state index contributed by atoms with van der Waals surface area (Å²) in [5, 5.41) is 8.61. The summed E-state index contributed by atoms with van der Waals surface area (Å²) < 4.78 is 19.5. The van der Waals surface area contributed by atoms with E-state index in [0.29, 0.717) is 17.7 Å². The third-order valence-corrected chi connectivity index (χ3v) is 2.91. The van der Waals surface area contributed by atoms with Crippen LogP contribution in [0.25, 0.3) is 0 Å². The Morgan fingerprint density at radius 1 is 1.25 bits per heavy atom. The maximum atomic E-state index is 13.9. The summed E-state index contributed by atoms with van der Waals surface area (Å²) in [7, 11) is 0. The van der Waals surface area contributed by atoms with Gasteiger partial charge in [0.25, 0.3) is 0 Å². The quantitative estimate of drug-likeness (QED) is 0.921. The van der Waals surface area contributed by atoms with Crippen LogP contribution in [-0.2, 0) is 6.42 Å². The van der Waals surface area contributed by atoms with Crippen LogP contribution in [-0.4, -0.2) is 0 Å². The Morgan fingerprint density at radius 3 is 2.55 bits per heavy atom. The van der Waals surface area contributed by atoms with Gasteiger partial charge < -0.3 is 10.5 Å². The number of ether oxygens (including phenoxy) is 1. The molecule has 0 radical (unpaired) electrons. The summed E-state index contributed by atoms with van der Waals surface area (Å²) in [6, 6.07) is 13.4. The minimum atomic E-state index is -0.444. The molecule has 4 heteroatoms. The number of hydrogen-bond acceptors (Lipinski definition) is 3. The van der Waals surface area contributed by atoms with Gasteiger partial charge in [0.1, 0.15) is 5.75 Å². The highest BCUT2D eigenvalue weighted by molar-refractivity contribution is 5.41. The maximum Gasteiger partial charge on any atom is 0.167 e. The molecule has 0 aliphatic rings. The van der Waals surface area contributed by atoms with Crippen molar-refractivity contribution >= 4 is 0 Å². The van der Waals surface area contributed by atoms with Crippen molar-refractivity contribution in [2.45, 2.75) is 19.4 Å². The number of hydrogen-bond donors (Lipinski definition) is 1. The molecule has 102 valence electrons. The van der Waals surface area contributed by atoms with Gasteiger partial charge in [-0.1, -0.05) is 24.3 Å². The first kappa shape index (κ1) is 14.0. The van der Waals surface area contributed by atoms with Gasteiger partial charge in [-0.05, 0) is 30.7 Å². The average molecular weight is 270 g/mol. The smallest absolute Gasteiger partial charge is 0.167 e. The monoisotopic (exact) mass is 270 g/mol. The molecule has 2 N–H and O–H groups in total. The first-order valence-electron chi connectivity index (χ1n) is 6.29. The lowest BCUT2D eigenvalue weighted by Crippen LogP contribution is -2.07. The van der Waals surface area contributed by atoms with Crippen molar-refractivity contribution in [3.05, 3.63) is 59.4 Å². The summed E-state index contributed by atoms with van der Waals surface area (Å²) in [4.78, 5) is 0.